The SMILES string of the molecule is CCOC(=O)C1CCN(c2nc(Oc3ccc(-c4csnn4)cc3)ccc2[N+](=O)[O-])CC1. The van der Waals surface area contributed by atoms with Gasteiger partial charge in [-0.2, -0.15) is 4.98 Å². The molecule has 11 heteroatoms. The Morgan fingerprint density at radius 3 is 2.59 bits per heavy atom. The molecular weight excluding hydrogens is 434 g/mol. The third kappa shape index (κ3) is 4.83. The minimum Gasteiger partial charge on any atom is -0.466 e. The second-order valence-electron chi connectivity index (χ2n) is 7.18. The van der Waals surface area contributed by atoms with E-state index in [2.05, 4.69) is 14.6 Å². The molecule has 2 aromatic heterocycles. The van der Waals surface area contributed by atoms with Crippen LogP contribution < -0.4 is 9.64 Å². The van der Waals surface area contributed by atoms with Crippen molar-refractivity contribution in [1.29, 1.82) is 0 Å². The number of nitrogens with zero attached hydrogens (tertiary/aromatic N) is 5. The summed E-state index contributed by atoms with van der Waals surface area (Å²) in [5.41, 5.74) is 1.59. The van der Waals surface area contributed by atoms with Crippen molar-refractivity contribution >= 4 is 29.0 Å². The number of aromatic nitrogens is 3. The van der Waals surface area contributed by atoms with Crippen molar-refractivity contribution < 1.29 is 19.2 Å². The number of carbonyl (C=O) groups is 1. The van der Waals surface area contributed by atoms with Crippen molar-refractivity contribution in [2.45, 2.75) is 19.8 Å². The lowest BCUT2D eigenvalue weighted by Gasteiger charge is -2.31. The van der Waals surface area contributed by atoms with Gasteiger partial charge < -0.3 is 14.4 Å². The molecule has 1 fully saturated rings. The fourth-order valence-electron chi connectivity index (χ4n) is 3.55. The van der Waals surface area contributed by atoms with Gasteiger partial charge in [0.2, 0.25) is 11.7 Å². The van der Waals surface area contributed by atoms with Crippen LogP contribution in [0.5, 0.6) is 11.6 Å². The van der Waals surface area contributed by atoms with Crippen LogP contribution in [0.1, 0.15) is 19.8 Å². The number of hydrogen-bond donors (Lipinski definition) is 0. The first kappa shape index (κ1) is 21.6. The van der Waals surface area contributed by atoms with Crippen LogP contribution in [0.25, 0.3) is 11.3 Å². The number of rotatable bonds is 7. The Labute approximate surface area is 188 Å². The van der Waals surface area contributed by atoms with Gasteiger partial charge in [-0.25, -0.2) is 0 Å². The summed E-state index contributed by atoms with van der Waals surface area (Å²) >= 11 is 1.28. The molecule has 0 aliphatic carbocycles. The van der Waals surface area contributed by atoms with Gasteiger partial charge >= 0.3 is 11.7 Å². The monoisotopic (exact) mass is 455 g/mol. The van der Waals surface area contributed by atoms with Crippen molar-refractivity contribution in [2.75, 3.05) is 24.6 Å². The van der Waals surface area contributed by atoms with Crippen LogP contribution in [0, 0.1) is 16.0 Å². The number of anilines is 1. The molecule has 32 heavy (non-hydrogen) atoms. The number of esters is 1. The highest BCUT2D eigenvalue weighted by Gasteiger charge is 2.30. The highest BCUT2D eigenvalue weighted by molar-refractivity contribution is 7.03. The van der Waals surface area contributed by atoms with Gasteiger partial charge in [-0.05, 0) is 55.6 Å². The van der Waals surface area contributed by atoms with Crippen LogP contribution in [0.15, 0.2) is 41.8 Å². The second kappa shape index (κ2) is 9.69. The van der Waals surface area contributed by atoms with Gasteiger partial charge in [-0.1, -0.05) is 4.49 Å². The molecular formula is C21H21N5O5S. The highest BCUT2D eigenvalue weighted by Crippen LogP contribution is 2.33. The molecule has 0 spiro atoms. The third-order valence-corrected chi connectivity index (χ3v) is 5.68. The fraction of sp³-hybridized carbons (Fsp3) is 0.333. The van der Waals surface area contributed by atoms with Gasteiger partial charge in [-0.15, -0.1) is 5.10 Å². The Morgan fingerprint density at radius 2 is 1.97 bits per heavy atom. The maximum atomic E-state index is 12.0. The predicted molar refractivity (Wildman–Crippen MR) is 118 cm³/mol. The molecule has 1 aliphatic heterocycles. The zero-order valence-electron chi connectivity index (χ0n) is 17.3. The molecule has 3 heterocycles. The summed E-state index contributed by atoms with van der Waals surface area (Å²) in [5, 5.41) is 17.4. The zero-order chi connectivity index (χ0) is 22.5. The lowest BCUT2D eigenvalue weighted by atomic mass is 9.97. The Hall–Kier alpha value is -3.60. The standard InChI is InChI=1S/C21H21N5O5S/c1-2-30-21(27)15-9-11-25(12-10-15)20-18(26(28)29)7-8-19(22-20)31-16-5-3-14(4-6-16)17-13-32-24-23-17/h3-8,13,15H,2,9-12H2,1H3. The van der Waals surface area contributed by atoms with Crippen LogP contribution >= 0.6 is 11.5 Å². The minimum atomic E-state index is -0.458. The molecule has 0 radical (unpaired) electrons. The molecule has 1 aromatic carbocycles. The van der Waals surface area contributed by atoms with Crippen LogP contribution in [0.4, 0.5) is 11.5 Å². The van der Waals surface area contributed by atoms with Gasteiger partial charge in [0.1, 0.15) is 11.4 Å². The Balaban J connectivity index is 1.50. The van der Waals surface area contributed by atoms with Crippen molar-refractivity contribution in [1.82, 2.24) is 14.6 Å². The molecule has 0 bridgehead atoms. The topological polar surface area (TPSA) is 121 Å². The summed E-state index contributed by atoms with van der Waals surface area (Å²) in [6.07, 6.45) is 1.10. The van der Waals surface area contributed by atoms with E-state index in [-0.39, 0.29) is 29.3 Å². The van der Waals surface area contributed by atoms with E-state index in [1.165, 1.54) is 23.7 Å². The van der Waals surface area contributed by atoms with Gasteiger partial charge in [0.05, 0.1) is 17.4 Å². The van der Waals surface area contributed by atoms with E-state index in [9.17, 15) is 14.9 Å². The molecule has 4 rings (SSSR count). The molecule has 0 N–H and O–H groups in total. The number of nitro groups is 1. The van der Waals surface area contributed by atoms with E-state index in [0.29, 0.717) is 38.3 Å². The van der Waals surface area contributed by atoms with Crippen LogP contribution in [0.2, 0.25) is 0 Å². The Kier molecular flexibility index (Phi) is 6.55. The molecule has 1 saturated heterocycles. The summed E-state index contributed by atoms with van der Waals surface area (Å²) in [6, 6.07) is 10.2. The number of benzene rings is 1. The lowest BCUT2D eigenvalue weighted by Crippen LogP contribution is -2.37. The molecule has 0 unspecified atom stereocenters. The van der Waals surface area contributed by atoms with Gasteiger partial charge in [0, 0.05) is 36.2 Å². The maximum absolute atomic E-state index is 12.0. The van der Waals surface area contributed by atoms with Crippen molar-refractivity contribution in [3.8, 4) is 22.9 Å². The normalized spacial score (nSPS) is 14.2. The van der Waals surface area contributed by atoms with Gasteiger partial charge in [-0.3, -0.25) is 14.9 Å². The number of ether oxygens (including phenoxy) is 2. The van der Waals surface area contributed by atoms with Crippen molar-refractivity contribution in [3.63, 3.8) is 0 Å². The first-order chi connectivity index (χ1) is 15.5. The first-order valence-electron chi connectivity index (χ1n) is 10.2. The molecule has 0 amide bonds. The molecule has 1 aliphatic rings. The Bertz CT molecular complexity index is 1080. The number of pyridine rings is 1. The summed E-state index contributed by atoms with van der Waals surface area (Å²) in [4.78, 5) is 29.3. The van der Waals surface area contributed by atoms with E-state index >= 15 is 0 Å². The summed E-state index contributed by atoms with van der Waals surface area (Å²) in [5.74, 6) is 0.617. The summed E-state index contributed by atoms with van der Waals surface area (Å²) in [7, 11) is 0. The Morgan fingerprint density at radius 1 is 1.22 bits per heavy atom. The van der Waals surface area contributed by atoms with E-state index in [0.717, 1.165) is 11.3 Å². The molecule has 0 saturated carbocycles. The fourth-order valence-corrected chi connectivity index (χ4v) is 4.01. The smallest absolute Gasteiger partial charge is 0.311 e. The minimum absolute atomic E-state index is 0.0988. The average Bonchev–Trinajstić information content (AvgIpc) is 3.35. The quantitative estimate of drug-likeness (QED) is 0.295. The largest absolute Gasteiger partial charge is 0.466 e. The number of hydrogen-bond acceptors (Lipinski definition) is 10. The maximum Gasteiger partial charge on any atom is 0.311 e. The lowest BCUT2D eigenvalue weighted by molar-refractivity contribution is -0.384. The number of piperidine rings is 1. The second-order valence-corrected chi connectivity index (χ2v) is 7.79. The highest BCUT2D eigenvalue weighted by atomic mass is 32.1. The molecule has 166 valence electrons. The average molecular weight is 455 g/mol. The third-order valence-electron chi connectivity index (χ3n) is 5.17. The van der Waals surface area contributed by atoms with Gasteiger partial charge in [0.25, 0.3) is 0 Å². The van der Waals surface area contributed by atoms with Crippen LogP contribution in [-0.4, -0.2) is 45.2 Å². The predicted octanol–water partition coefficient (Wildman–Crippen LogP) is 4.08. The molecule has 0 atom stereocenters. The summed E-state index contributed by atoms with van der Waals surface area (Å²) in [6.45, 7) is 3.05. The van der Waals surface area contributed by atoms with E-state index in [1.54, 1.807) is 19.1 Å². The van der Waals surface area contributed by atoms with Gasteiger partial charge in [0.15, 0.2) is 0 Å². The van der Waals surface area contributed by atoms with E-state index in [1.807, 2.05) is 22.4 Å². The zero-order valence-corrected chi connectivity index (χ0v) is 18.2. The summed E-state index contributed by atoms with van der Waals surface area (Å²) < 4.78 is 14.8. The van der Waals surface area contributed by atoms with E-state index in [4.69, 9.17) is 9.47 Å². The molecule has 3 aromatic rings. The number of carbonyl (C=O) groups excluding carboxylic acids is 1. The van der Waals surface area contributed by atoms with Crippen molar-refractivity contribution in [2.24, 2.45) is 5.92 Å². The van der Waals surface area contributed by atoms with Crippen LogP contribution in [-0.2, 0) is 9.53 Å². The first-order valence-corrected chi connectivity index (χ1v) is 11.0. The van der Waals surface area contributed by atoms with Crippen LogP contribution in [0.3, 0.4) is 0 Å². The van der Waals surface area contributed by atoms with Crippen molar-refractivity contribution in [3.05, 3.63) is 51.9 Å². The van der Waals surface area contributed by atoms with E-state index < -0.39 is 4.92 Å². The molecule has 10 nitrogen and oxygen atoms in total.